The van der Waals surface area contributed by atoms with E-state index in [1.165, 1.54) is 11.1 Å². The quantitative estimate of drug-likeness (QED) is 0.652. The minimum atomic E-state index is -0.867. The van der Waals surface area contributed by atoms with Crippen molar-refractivity contribution in [2.45, 2.75) is 31.7 Å². The number of carboxylic acid groups (broad SMARTS) is 1. The first-order valence-corrected chi connectivity index (χ1v) is 11.6. The van der Waals surface area contributed by atoms with Crippen LogP contribution in [-0.4, -0.2) is 77.7 Å². The van der Waals surface area contributed by atoms with Crippen LogP contribution in [0.1, 0.15) is 37.3 Å². The van der Waals surface area contributed by atoms with E-state index in [2.05, 4.69) is 29.6 Å². The first kappa shape index (κ1) is 23.8. The average Bonchev–Trinajstić information content (AvgIpc) is 3.11. The Bertz CT molecular complexity index is 1030. The maximum absolute atomic E-state index is 12.8. The Morgan fingerprint density at radius 3 is 2.09 bits per heavy atom. The third-order valence-electron chi connectivity index (χ3n) is 6.46. The first-order chi connectivity index (χ1) is 16.2. The molecule has 1 saturated heterocycles. The fourth-order valence-corrected chi connectivity index (χ4v) is 4.79. The third-order valence-corrected chi connectivity index (χ3v) is 6.46. The van der Waals surface area contributed by atoms with Gasteiger partial charge in [-0.05, 0) is 36.1 Å². The molecule has 0 aromatic heterocycles. The lowest BCUT2D eigenvalue weighted by atomic mass is 9.98. The fraction of sp³-hybridized carbons (Fsp3) is 0.423. The number of nitrogens with zero attached hydrogens (tertiary/aromatic N) is 2. The number of fused-ring (bicyclic) bond motifs is 3. The molecule has 180 valence electrons. The highest BCUT2D eigenvalue weighted by Gasteiger charge is 2.32. The number of amides is 2. The summed E-state index contributed by atoms with van der Waals surface area (Å²) in [5.74, 6) is -0.961. The lowest BCUT2D eigenvalue weighted by Gasteiger charge is -2.35. The van der Waals surface area contributed by atoms with E-state index < -0.39 is 17.6 Å². The second-order valence-corrected chi connectivity index (χ2v) is 9.56. The summed E-state index contributed by atoms with van der Waals surface area (Å²) in [6.07, 6.45) is -0.415. The molecule has 0 saturated carbocycles. The summed E-state index contributed by atoms with van der Waals surface area (Å²) in [6.45, 7) is 5.81. The van der Waals surface area contributed by atoms with Crippen LogP contribution in [0.4, 0.5) is 4.79 Å². The van der Waals surface area contributed by atoms with Crippen LogP contribution < -0.4 is 5.32 Å². The van der Waals surface area contributed by atoms with Crippen LogP contribution in [0.2, 0.25) is 0 Å². The van der Waals surface area contributed by atoms with Gasteiger partial charge in [-0.25, -0.2) is 4.79 Å². The maximum atomic E-state index is 12.8. The molecule has 8 nitrogen and oxygen atoms in total. The summed E-state index contributed by atoms with van der Waals surface area (Å²) in [5.41, 5.74) is 3.85. The summed E-state index contributed by atoms with van der Waals surface area (Å²) < 4.78 is 5.62. The number of benzene rings is 2. The van der Waals surface area contributed by atoms with E-state index >= 15 is 0 Å². The Morgan fingerprint density at radius 2 is 1.53 bits per heavy atom. The van der Waals surface area contributed by atoms with Crippen LogP contribution in [0.3, 0.4) is 0 Å². The zero-order valence-electron chi connectivity index (χ0n) is 19.6. The molecule has 34 heavy (non-hydrogen) atoms. The van der Waals surface area contributed by atoms with Crippen LogP contribution >= 0.6 is 0 Å². The molecule has 1 heterocycles. The lowest BCUT2D eigenvalue weighted by Crippen LogP contribution is -2.53. The molecule has 1 aliphatic heterocycles. The van der Waals surface area contributed by atoms with Crippen LogP contribution in [0.15, 0.2) is 48.5 Å². The van der Waals surface area contributed by atoms with Gasteiger partial charge >= 0.3 is 12.1 Å². The minimum Gasteiger partial charge on any atom is -0.480 e. The largest absolute Gasteiger partial charge is 0.480 e. The number of aliphatic carboxylic acids is 1. The molecule has 0 bridgehead atoms. The van der Waals surface area contributed by atoms with Gasteiger partial charge in [0.1, 0.15) is 6.61 Å². The van der Waals surface area contributed by atoms with E-state index in [9.17, 15) is 14.4 Å². The number of alkyl carbamates (subject to hydrolysis) is 1. The highest BCUT2D eigenvalue weighted by atomic mass is 16.5. The van der Waals surface area contributed by atoms with Crippen LogP contribution in [0, 0.1) is 0 Å². The molecule has 2 N–H and O–H groups in total. The molecular weight excluding hydrogens is 434 g/mol. The molecule has 0 spiro atoms. The number of rotatable bonds is 7. The predicted octanol–water partition coefficient (Wildman–Crippen LogP) is 2.92. The Labute approximate surface area is 199 Å². The monoisotopic (exact) mass is 465 g/mol. The number of carboxylic acids is 1. The number of piperazine rings is 1. The molecule has 1 aliphatic carbocycles. The van der Waals surface area contributed by atoms with Gasteiger partial charge < -0.3 is 20.1 Å². The molecule has 0 unspecified atom stereocenters. The van der Waals surface area contributed by atoms with E-state index in [1.54, 1.807) is 18.7 Å². The summed E-state index contributed by atoms with van der Waals surface area (Å²) in [7, 11) is 0. The Hall–Kier alpha value is -3.39. The molecule has 2 aliphatic rings. The smallest absolute Gasteiger partial charge is 0.407 e. The van der Waals surface area contributed by atoms with Crippen LogP contribution in [0.25, 0.3) is 11.1 Å². The van der Waals surface area contributed by atoms with Crippen molar-refractivity contribution in [3.8, 4) is 11.1 Å². The number of nitrogens with one attached hydrogen (secondary N) is 1. The number of hydrogen-bond acceptors (Lipinski definition) is 5. The lowest BCUT2D eigenvalue weighted by molar-refractivity contribution is -0.139. The van der Waals surface area contributed by atoms with Gasteiger partial charge in [0, 0.05) is 44.1 Å². The zero-order chi connectivity index (χ0) is 24.3. The van der Waals surface area contributed by atoms with Crippen molar-refractivity contribution in [1.82, 2.24) is 15.1 Å². The van der Waals surface area contributed by atoms with E-state index in [0.29, 0.717) is 26.2 Å². The van der Waals surface area contributed by atoms with E-state index in [1.807, 2.05) is 29.2 Å². The number of carbonyl (C=O) groups is 3. The molecule has 2 aromatic rings. The van der Waals surface area contributed by atoms with Gasteiger partial charge in [-0.3, -0.25) is 14.5 Å². The minimum absolute atomic E-state index is 0.0170. The second kappa shape index (κ2) is 9.85. The normalized spacial score (nSPS) is 16.0. The Balaban J connectivity index is 1.29. The van der Waals surface area contributed by atoms with Crippen LogP contribution in [-0.2, 0) is 14.3 Å². The van der Waals surface area contributed by atoms with Crippen molar-refractivity contribution in [2.75, 3.05) is 39.3 Å². The van der Waals surface area contributed by atoms with Crippen LogP contribution in [0.5, 0.6) is 0 Å². The molecule has 2 amide bonds. The molecule has 2 aromatic carbocycles. The Kier molecular flexibility index (Phi) is 6.88. The van der Waals surface area contributed by atoms with E-state index in [0.717, 1.165) is 11.1 Å². The van der Waals surface area contributed by atoms with E-state index in [-0.39, 0.29) is 31.4 Å². The molecule has 4 rings (SSSR count). The van der Waals surface area contributed by atoms with Crippen molar-refractivity contribution in [2.24, 2.45) is 0 Å². The van der Waals surface area contributed by atoms with Crippen molar-refractivity contribution in [3.63, 3.8) is 0 Å². The summed E-state index contributed by atoms with van der Waals surface area (Å²) >= 11 is 0. The highest BCUT2D eigenvalue weighted by molar-refractivity contribution is 5.80. The SMILES string of the molecule is CC(C)(CC(=O)N1CCN(CC(=O)O)CC1)NC(=O)OCC1c2ccccc2-c2ccccc21. The van der Waals surface area contributed by atoms with Gasteiger partial charge in [-0.2, -0.15) is 0 Å². The van der Waals surface area contributed by atoms with Gasteiger partial charge in [0.15, 0.2) is 0 Å². The third kappa shape index (κ3) is 5.39. The summed E-state index contributed by atoms with van der Waals surface area (Å²) in [4.78, 5) is 39.8. The van der Waals surface area contributed by atoms with Gasteiger partial charge in [0.25, 0.3) is 0 Å². The van der Waals surface area contributed by atoms with Gasteiger partial charge in [-0.1, -0.05) is 48.5 Å². The van der Waals surface area contributed by atoms with Crippen molar-refractivity contribution in [3.05, 3.63) is 59.7 Å². The zero-order valence-corrected chi connectivity index (χ0v) is 19.6. The van der Waals surface area contributed by atoms with Crippen molar-refractivity contribution < 1.29 is 24.2 Å². The molecule has 8 heteroatoms. The molecule has 0 atom stereocenters. The number of ether oxygens (including phenoxy) is 1. The molecule has 0 radical (unpaired) electrons. The standard InChI is InChI=1S/C26H31N3O5/c1-26(2,15-23(30)29-13-11-28(12-14-29)16-24(31)32)27-25(33)34-17-22-20-9-5-3-7-18(20)19-8-4-6-10-21(19)22/h3-10,22H,11-17H2,1-2H3,(H,27,33)(H,31,32). The van der Waals surface area contributed by atoms with E-state index in [4.69, 9.17) is 9.84 Å². The molecule has 1 fully saturated rings. The first-order valence-electron chi connectivity index (χ1n) is 11.6. The van der Waals surface area contributed by atoms with Crippen molar-refractivity contribution in [1.29, 1.82) is 0 Å². The summed E-state index contributed by atoms with van der Waals surface area (Å²) in [6, 6.07) is 16.3. The van der Waals surface area contributed by atoms with Gasteiger partial charge in [0.05, 0.1) is 6.54 Å². The average molecular weight is 466 g/mol. The molecular formula is C26H31N3O5. The van der Waals surface area contributed by atoms with Crippen molar-refractivity contribution >= 4 is 18.0 Å². The van der Waals surface area contributed by atoms with Gasteiger partial charge in [-0.15, -0.1) is 0 Å². The predicted molar refractivity (Wildman–Crippen MR) is 128 cm³/mol. The fourth-order valence-electron chi connectivity index (χ4n) is 4.79. The maximum Gasteiger partial charge on any atom is 0.407 e. The second-order valence-electron chi connectivity index (χ2n) is 9.56. The topological polar surface area (TPSA) is 99.2 Å². The van der Waals surface area contributed by atoms with Gasteiger partial charge in [0.2, 0.25) is 5.91 Å². The Morgan fingerprint density at radius 1 is 0.971 bits per heavy atom. The highest BCUT2D eigenvalue weighted by Crippen LogP contribution is 2.44. The summed E-state index contributed by atoms with van der Waals surface area (Å²) in [5, 5.41) is 11.7. The number of hydrogen-bond donors (Lipinski definition) is 2. The number of carbonyl (C=O) groups excluding carboxylic acids is 2.